The summed E-state index contributed by atoms with van der Waals surface area (Å²) in [6.07, 6.45) is 0. The van der Waals surface area contributed by atoms with Crippen molar-refractivity contribution in [1.29, 1.82) is 0 Å². The van der Waals surface area contributed by atoms with Gasteiger partial charge in [-0.15, -0.1) is 11.8 Å². The first kappa shape index (κ1) is 9.87. The molecule has 3 heteroatoms. The average molecular weight is 209 g/mol. The minimum Gasteiger partial charge on any atom is -0.494 e. The molecule has 1 heterocycles. The Hall–Kier alpha value is -0.670. The van der Waals surface area contributed by atoms with E-state index in [1.807, 2.05) is 30.8 Å². The molecule has 0 radical (unpaired) electrons. The van der Waals surface area contributed by atoms with Crippen molar-refractivity contribution in [3.63, 3.8) is 0 Å². The topological polar surface area (TPSA) is 21.3 Å². The van der Waals surface area contributed by atoms with Gasteiger partial charge >= 0.3 is 0 Å². The smallest absolute Gasteiger partial charge is 0.119 e. The summed E-state index contributed by atoms with van der Waals surface area (Å²) in [5.74, 6) is 2.16. The summed E-state index contributed by atoms with van der Waals surface area (Å²) in [6, 6.07) is 8.36. The van der Waals surface area contributed by atoms with E-state index in [0.717, 1.165) is 18.9 Å². The molecule has 14 heavy (non-hydrogen) atoms. The average Bonchev–Trinajstić information content (AvgIpc) is 2.72. The summed E-state index contributed by atoms with van der Waals surface area (Å²) >= 11 is 1.96. The summed E-state index contributed by atoms with van der Waals surface area (Å²) in [6.45, 7) is 3.85. The van der Waals surface area contributed by atoms with Gasteiger partial charge in [-0.05, 0) is 24.6 Å². The molecule has 1 N–H and O–H groups in total. The summed E-state index contributed by atoms with van der Waals surface area (Å²) in [7, 11) is 0. The van der Waals surface area contributed by atoms with E-state index in [9.17, 15) is 0 Å². The number of ether oxygens (including phenoxy) is 1. The molecule has 1 aromatic carbocycles. The third-order valence-corrected chi connectivity index (χ3v) is 3.42. The van der Waals surface area contributed by atoms with Crippen molar-refractivity contribution in [3.8, 4) is 5.75 Å². The van der Waals surface area contributed by atoms with E-state index in [0.29, 0.717) is 5.37 Å². The van der Waals surface area contributed by atoms with E-state index in [1.54, 1.807) is 0 Å². The fourth-order valence-corrected chi connectivity index (χ4v) is 2.60. The molecule has 1 aliphatic heterocycles. The summed E-state index contributed by atoms with van der Waals surface area (Å²) in [5.41, 5.74) is 1.34. The first-order chi connectivity index (χ1) is 6.90. The Bertz CT molecular complexity index is 280. The van der Waals surface area contributed by atoms with Gasteiger partial charge < -0.3 is 10.1 Å². The Morgan fingerprint density at radius 1 is 1.43 bits per heavy atom. The van der Waals surface area contributed by atoms with Gasteiger partial charge in [-0.25, -0.2) is 0 Å². The first-order valence-electron chi connectivity index (χ1n) is 4.98. The van der Waals surface area contributed by atoms with Crippen LogP contribution in [0.3, 0.4) is 0 Å². The number of hydrogen-bond donors (Lipinski definition) is 1. The fourth-order valence-electron chi connectivity index (χ4n) is 1.55. The molecule has 0 amide bonds. The number of hydrogen-bond acceptors (Lipinski definition) is 3. The molecule has 1 aliphatic rings. The normalized spacial score (nSPS) is 21.1. The van der Waals surface area contributed by atoms with Crippen LogP contribution < -0.4 is 10.1 Å². The number of thioether (sulfide) groups is 1. The molecular formula is C11H15NOS. The molecule has 2 nitrogen and oxygen atoms in total. The van der Waals surface area contributed by atoms with Crippen LogP contribution in [-0.2, 0) is 0 Å². The van der Waals surface area contributed by atoms with Crippen molar-refractivity contribution in [2.75, 3.05) is 18.9 Å². The van der Waals surface area contributed by atoms with Crippen LogP contribution in [0.25, 0.3) is 0 Å². The van der Waals surface area contributed by atoms with Gasteiger partial charge in [0.25, 0.3) is 0 Å². The highest BCUT2D eigenvalue weighted by atomic mass is 32.2. The van der Waals surface area contributed by atoms with Gasteiger partial charge in [-0.3, -0.25) is 0 Å². The van der Waals surface area contributed by atoms with Crippen LogP contribution in [0.2, 0.25) is 0 Å². The number of nitrogens with one attached hydrogen (secondary N) is 1. The van der Waals surface area contributed by atoms with Crippen molar-refractivity contribution in [1.82, 2.24) is 5.32 Å². The van der Waals surface area contributed by atoms with Crippen LogP contribution in [-0.4, -0.2) is 18.9 Å². The standard InChI is InChI=1S/C11H15NOS/c1-2-13-10-5-3-9(4-6-10)11-12-7-8-14-11/h3-6,11-12H,2,7-8H2,1H3/t11-/m1/s1. The molecule has 0 unspecified atom stereocenters. The lowest BCUT2D eigenvalue weighted by Gasteiger charge is -2.10. The minimum atomic E-state index is 0.477. The van der Waals surface area contributed by atoms with Crippen LogP contribution in [0.15, 0.2) is 24.3 Å². The van der Waals surface area contributed by atoms with E-state index in [2.05, 4.69) is 17.4 Å². The monoisotopic (exact) mass is 209 g/mol. The second-order valence-corrected chi connectivity index (χ2v) is 4.42. The zero-order valence-corrected chi connectivity index (χ0v) is 9.14. The van der Waals surface area contributed by atoms with Gasteiger partial charge in [-0.1, -0.05) is 12.1 Å². The first-order valence-corrected chi connectivity index (χ1v) is 6.03. The second-order valence-electron chi connectivity index (χ2n) is 3.21. The predicted molar refractivity (Wildman–Crippen MR) is 60.8 cm³/mol. The van der Waals surface area contributed by atoms with Crippen molar-refractivity contribution in [2.45, 2.75) is 12.3 Å². The lowest BCUT2D eigenvalue weighted by atomic mass is 10.2. The minimum absolute atomic E-state index is 0.477. The molecule has 1 fully saturated rings. The van der Waals surface area contributed by atoms with Crippen molar-refractivity contribution in [3.05, 3.63) is 29.8 Å². The molecule has 1 saturated heterocycles. The molecular weight excluding hydrogens is 194 g/mol. The zero-order chi connectivity index (χ0) is 9.80. The maximum Gasteiger partial charge on any atom is 0.119 e. The van der Waals surface area contributed by atoms with E-state index >= 15 is 0 Å². The Morgan fingerprint density at radius 2 is 2.21 bits per heavy atom. The Morgan fingerprint density at radius 3 is 2.79 bits per heavy atom. The van der Waals surface area contributed by atoms with Crippen LogP contribution in [0.4, 0.5) is 0 Å². The molecule has 0 aliphatic carbocycles. The summed E-state index contributed by atoms with van der Waals surface area (Å²) < 4.78 is 5.40. The van der Waals surface area contributed by atoms with Crippen LogP contribution >= 0.6 is 11.8 Å². The molecule has 76 valence electrons. The lowest BCUT2D eigenvalue weighted by Crippen LogP contribution is -2.11. The van der Waals surface area contributed by atoms with Crippen LogP contribution in [0, 0.1) is 0 Å². The fraction of sp³-hybridized carbons (Fsp3) is 0.455. The highest BCUT2D eigenvalue weighted by molar-refractivity contribution is 7.99. The van der Waals surface area contributed by atoms with Gasteiger partial charge in [-0.2, -0.15) is 0 Å². The lowest BCUT2D eigenvalue weighted by molar-refractivity contribution is 0.340. The molecule has 0 aromatic heterocycles. The van der Waals surface area contributed by atoms with Crippen molar-refractivity contribution < 1.29 is 4.74 Å². The Balaban J connectivity index is 2.05. The van der Waals surface area contributed by atoms with E-state index in [1.165, 1.54) is 11.3 Å². The van der Waals surface area contributed by atoms with E-state index in [4.69, 9.17) is 4.74 Å². The van der Waals surface area contributed by atoms with Gasteiger partial charge in [0.15, 0.2) is 0 Å². The quantitative estimate of drug-likeness (QED) is 0.826. The highest BCUT2D eigenvalue weighted by Gasteiger charge is 2.15. The number of benzene rings is 1. The Labute approximate surface area is 89.0 Å². The maximum absolute atomic E-state index is 5.40. The SMILES string of the molecule is CCOc1ccc([C@@H]2NCCS2)cc1. The molecule has 2 rings (SSSR count). The third kappa shape index (κ3) is 2.22. The van der Waals surface area contributed by atoms with Gasteiger partial charge in [0.2, 0.25) is 0 Å². The van der Waals surface area contributed by atoms with Gasteiger partial charge in [0.1, 0.15) is 5.75 Å². The van der Waals surface area contributed by atoms with Crippen molar-refractivity contribution in [2.24, 2.45) is 0 Å². The van der Waals surface area contributed by atoms with Crippen LogP contribution in [0.5, 0.6) is 5.75 Å². The van der Waals surface area contributed by atoms with Gasteiger partial charge in [0.05, 0.1) is 12.0 Å². The molecule has 1 aromatic rings. The van der Waals surface area contributed by atoms with E-state index < -0.39 is 0 Å². The molecule has 0 saturated carbocycles. The molecule has 0 bridgehead atoms. The second kappa shape index (κ2) is 4.71. The molecule has 0 spiro atoms. The van der Waals surface area contributed by atoms with Gasteiger partial charge in [0, 0.05) is 12.3 Å². The Kier molecular flexibility index (Phi) is 3.32. The third-order valence-electron chi connectivity index (χ3n) is 2.21. The highest BCUT2D eigenvalue weighted by Crippen LogP contribution is 2.30. The van der Waals surface area contributed by atoms with Crippen molar-refractivity contribution >= 4 is 11.8 Å². The summed E-state index contributed by atoms with van der Waals surface area (Å²) in [5, 5.41) is 3.92. The zero-order valence-electron chi connectivity index (χ0n) is 8.32. The van der Waals surface area contributed by atoms with Crippen LogP contribution in [0.1, 0.15) is 17.9 Å². The maximum atomic E-state index is 5.40. The molecule has 1 atom stereocenters. The summed E-state index contributed by atoms with van der Waals surface area (Å²) in [4.78, 5) is 0. The number of rotatable bonds is 3. The van der Waals surface area contributed by atoms with E-state index in [-0.39, 0.29) is 0 Å². The predicted octanol–water partition coefficient (Wildman–Crippen LogP) is 2.42. The largest absolute Gasteiger partial charge is 0.494 e.